The third kappa shape index (κ3) is 3.94. The zero-order valence-electron chi connectivity index (χ0n) is 18.1. The minimum atomic E-state index is -0.429. The Labute approximate surface area is 195 Å². The molecule has 33 heavy (non-hydrogen) atoms. The number of ether oxygens (including phenoxy) is 1. The van der Waals surface area contributed by atoms with E-state index < -0.39 is 5.82 Å². The van der Waals surface area contributed by atoms with Crippen molar-refractivity contribution in [3.05, 3.63) is 64.8 Å². The molecule has 168 valence electrons. The van der Waals surface area contributed by atoms with Crippen LogP contribution in [0.25, 0.3) is 22.3 Å². The average Bonchev–Trinajstić information content (AvgIpc) is 3.54. The van der Waals surface area contributed by atoms with Gasteiger partial charge in [-0.05, 0) is 50.1 Å². The fourth-order valence-corrected chi connectivity index (χ4v) is 4.37. The molecule has 2 aliphatic rings. The summed E-state index contributed by atoms with van der Waals surface area (Å²) in [7, 11) is 0. The molecule has 0 amide bonds. The van der Waals surface area contributed by atoms with Crippen LogP contribution in [0.4, 0.5) is 10.3 Å². The molecule has 3 aromatic heterocycles. The lowest BCUT2D eigenvalue weighted by Gasteiger charge is -2.32. The molecule has 0 spiro atoms. The third-order valence-corrected chi connectivity index (χ3v) is 6.37. The Morgan fingerprint density at radius 2 is 2.00 bits per heavy atom. The van der Waals surface area contributed by atoms with Gasteiger partial charge < -0.3 is 9.64 Å². The van der Waals surface area contributed by atoms with E-state index in [2.05, 4.69) is 21.2 Å². The molecule has 1 aliphatic heterocycles. The molecule has 9 heteroatoms. The summed E-state index contributed by atoms with van der Waals surface area (Å²) in [6.07, 6.45) is 6.19. The molecule has 1 saturated heterocycles. The van der Waals surface area contributed by atoms with E-state index in [4.69, 9.17) is 26.3 Å². The summed E-state index contributed by atoms with van der Waals surface area (Å²) < 4.78 is 22.9. The molecule has 6 rings (SSSR count). The molecule has 0 radical (unpaired) electrons. The van der Waals surface area contributed by atoms with E-state index >= 15 is 0 Å². The predicted molar refractivity (Wildman–Crippen MR) is 124 cm³/mol. The SMILES string of the molecule is Cc1ccc2c(-c3ccc(Cl)cc3F)nc(N3CCO[C@H](c4cnn(C5CC5)c4)C3)nc2n1. The second-order valence-electron chi connectivity index (χ2n) is 8.61. The van der Waals surface area contributed by atoms with Crippen LogP contribution in [-0.2, 0) is 4.74 Å². The molecule has 0 unspecified atom stereocenters. The van der Waals surface area contributed by atoms with Crippen molar-refractivity contribution in [1.29, 1.82) is 0 Å². The van der Waals surface area contributed by atoms with Gasteiger partial charge in [0.2, 0.25) is 5.95 Å². The van der Waals surface area contributed by atoms with Gasteiger partial charge in [0, 0.05) is 40.0 Å². The monoisotopic (exact) mass is 464 g/mol. The number of rotatable bonds is 4. The number of aryl methyl sites for hydroxylation is 1. The van der Waals surface area contributed by atoms with E-state index in [0.29, 0.717) is 59.0 Å². The molecule has 7 nitrogen and oxygen atoms in total. The van der Waals surface area contributed by atoms with E-state index in [9.17, 15) is 4.39 Å². The summed E-state index contributed by atoms with van der Waals surface area (Å²) in [4.78, 5) is 16.2. The minimum Gasteiger partial charge on any atom is -0.370 e. The van der Waals surface area contributed by atoms with Crippen molar-refractivity contribution in [1.82, 2.24) is 24.7 Å². The van der Waals surface area contributed by atoms with Crippen LogP contribution in [-0.4, -0.2) is 44.4 Å². The summed E-state index contributed by atoms with van der Waals surface area (Å²) >= 11 is 5.98. The Kier molecular flexibility index (Phi) is 4.99. The number of halogens is 2. The minimum absolute atomic E-state index is 0.133. The molecule has 2 fully saturated rings. The van der Waals surface area contributed by atoms with Crippen molar-refractivity contribution < 1.29 is 9.13 Å². The first-order valence-electron chi connectivity index (χ1n) is 11.1. The summed E-state index contributed by atoms with van der Waals surface area (Å²) in [6.45, 7) is 3.65. The van der Waals surface area contributed by atoms with Gasteiger partial charge in [0.1, 0.15) is 11.9 Å². The molecule has 0 N–H and O–H groups in total. The molecular weight excluding hydrogens is 443 g/mol. The number of benzene rings is 1. The lowest BCUT2D eigenvalue weighted by molar-refractivity contribution is 0.0392. The van der Waals surface area contributed by atoms with Crippen molar-refractivity contribution >= 4 is 28.6 Å². The Morgan fingerprint density at radius 3 is 2.82 bits per heavy atom. The quantitative estimate of drug-likeness (QED) is 0.428. The highest BCUT2D eigenvalue weighted by Gasteiger charge is 2.29. The van der Waals surface area contributed by atoms with Crippen LogP contribution < -0.4 is 4.90 Å². The van der Waals surface area contributed by atoms with Gasteiger partial charge >= 0.3 is 0 Å². The highest BCUT2D eigenvalue weighted by Crippen LogP contribution is 2.36. The molecule has 1 aliphatic carbocycles. The summed E-state index contributed by atoms with van der Waals surface area (Å²) in [6, 6.07) is 8.90. The molecule has 1 saturated carbocycles. The van der Waals surface area contributed by atoms with Crippen LogP contribution in [0.15, 0.2) is 42.7 Å². The van der Waals surface area contributed by atoms with Crippen LogP contribution in [0.5, 0.6) is 0 Å². The van der Waals surface area contributed by atoms with Crippen molar-refractivity contribution in [2.75, 3.05) is 24.6 Å². The lowest BCUT2D eigenvalue weighted by Crippen LogP contribution is -2.39. The van der Waals surface area contributed by atoms with Gasteiger partial charge in [-0.3, -0.25) is 4.68 Å². The summed E-state index contributed by atoms with van der Waals surface area (Å²) in [5.41, 5.74) is 3.29. The highest BCUT2D eigenvalue weighted by atomic mass is 35.5. The standard InChI is InChI=1S/C24H22ClFN6O/c1-14-2-6-19-22(18-7-3-16(25)10-20(18)26)29-24(30-23(19)28-14)31-8-9-33-21(13-31)15-11-27-32(12-15)17-4-5-17/h2-3,6-7,10-12,17,21H,4-5,8-9,13H2,1H3/t21-/m0/s1. The van der Waals surface area contributed by atoms with Gasteiger partial charge in [-0.1, -0.05) is 11.6 Å². The molecule has 1 aromatic carbocycles. The maximum atomic E-state index is 14.9. The molecule has 4 heterocycles. The zero-order valence-corrected chi connectivity index (χ0v) is 18.8. The van der Waals surface area contributed by atoms with Crippen LogP contribution in [0.3, 0.4) is 0 Å². The van der Waals surface area contributed by atoms with Crippen molar-refractivity contribution in [2.24, 2.45) is 0 Å². The molecule has 4 aromatic rings. The van der Waals surface area contributed by atoms with Crippen molar-refractivity contribution in [2.45, 2.75) is 31.9 Å². The van der Waals surface area contributed by atoms with Crippen molar-refractivity contribution in [3.63, 3.8) is 0 Å². The van der Waals surface area contributed by atoms with E-state index in [-0.39, 0.29) is 6.10 Å². The van der Waals surface area contributed by atoms with Crippen molar-refractivity contribution in [3.8, 4) is 11.3 Å². The van der Waals surface area contributed by atoms with Crippen LogP contribution in [0.2, 0.25) is 5.02 Å². The van der Waals surface area contributed by atoms with Gasteiger partial charge in [-0.25, -0.2) is 14.4 Å². The Morgan fingerprint density at radius 1 is 1.12 bits per heavy atom. The normalized spacial score (nSPS) is 18.8. The van der Waals surface area contributed by atoms with Gasteiger partial charge in [0.25, 0.3) is 0 Å². The summed E-state index contributed by atoms with van der Waals surface area (Å²) in [5.74, 6) is 0.0780. The number of hydrogen-bond donors (Lipinski definition) is 0. The predicted octanol–water partition coefficient (Wildman–Crippen LogP) is 4.90. The van der Waals surface area contributed by atoms with Crippen LogP contribution >= 0.6 is 11.6 Å². The number of anilines is 1. The fourth-order valence-electron chi connectivity index (χ4n) is 4.21. The molecule has 1 atom stereocenters. The molecular formula is C24H22ClFN6O. The number of aromatic nitrogens is 5. The highest BCUT2D eigenvalue weighted by molar-refractivity contribution is 6.30. The third-order valence-electron chi connectivity index (χ3n) is 6.14. The number of nitrogens with zero attached hydrogens (tertiary/aromatic N) is 6. The topological polar surface area (TPSA) is 69.0 Å². The van der Waals surface area contributed by atoms with Crippen LogP contribution in [0, 0.1) is 12.7 Å². The van der Waals surface area contributed by atoms with E-state index in [1.165, 1.54) is 18.9 Å². The Balaban J connectivity index is 1.39. The average molecular weight is 465 g/mol. The fraction of sp³-hybridized carbons (Fsp3) is 0.333. The number of fused-ring (bicyclic) bond motifs is 1. The lowest BCUT2D eigenvalue weighted by atomic mass is 10.1. The van der Waals surface area contributed by atoms with E-state index in [0.717, 1.165) is 11.3 Å². The van der Waals surface area contributed by atoms with Crippen LogP contribution in [0.1, 0.15) is 36.2 Å². The first-order valence-corrected chi connectivity index (χ1v) is 11.4. The van der Waals surface area contributed by atoms with E-state index in [1.807, 2.05) is 29.9 Å². The Hall–Kier alpha value is -3.10. The summed E-state index contributed by atoms with van der Waals surface area (Å²) in [5, 5.41) is 5.53. The molecule has 0 bridgehead atoms. The second kappa shape index (κ2) is 8.04. The first kappa shape index (κ1) is 20.5. The van der Waals surface area contributed by atoms with Gasteiger partial charge in [-0.2, -0.15) is 10.1 Å². The van der Waals surface area contributed by atoms with E-state index in [1.54, 1.807) is 12.1 Å². The van der Waals surface area contributed by atoms with Gasteiger partial charge in [0.05, 0.1) is 31.1 Å². The maximum Gasteiger partial charge on any atom is 0.228 e. The number of pyridine rings is 1. The maximum absolute atomic E-state index is 14.9. The largest absolute Gasteiger partial charge is 0.370 e. The smallest absolute Gasteiger partial charge is 0.228 e. The van der Waals surface area contributed by atoms with Gasteiger partial charge in [0.15, 0.2) is 5.65 Å². The Bertz CT molecular complexity index is 1350. The first-order chi connectivity index (χ1) is 16.0. The zero-order chi connectivity index (χ0) is 22.5. The van der Waals surface area contributed by atoms with Gasteiger partial charge in [-0.15, -0.1) is 0 Å². The number of hydrogen-bond acceptors (Lipinski definition) is 6. The second-order valence-corrected chi connectivity index (χ2v) is 9.05. The number of morpholine rings is 1.